The number of carbonyl (C=O) groups excluding carboxylic acids is 4. The van der Waals surface area contributed by atoms with Crippen LogP contribution in [-0.4, -0.2) is 70.6 Å². The summed E-state index contributed by atoms with van der Waals surface area (Å²) in [5.74, 6) is -4.81. The van der Waals surface area contributed by atoms with Crippen molar-refractivity contribution in [2.75, 3.05) is 6.61 Å². The number of hydrogen-bond acceptors (Lipinski definition) is 7. The summed E-state index contributed by atoms with van der Waals surface area (Å²) in [5, 5.41) is 25.4. The van der Waals surface area contributed by atoms with Crippen molar-refractivity contribution in [3.05, 3.63) is 0 Å². The lowest BCUT2D eigenvalue weighted by molar-refractivity contribution is -0.143. The number of rotatable bonds is 14. The van der Waals surface area contributed by atoms with Crippen molar-refractivity contribution in [3.8, 4) is 0 Å². The molecule has 31 heavy (non-hydrogen) atoms. The van der Waals surface area contributed by atoms with E-state index < -0.39 is 60.4 Å². The molecule has 0 heterocycles. The van der Waals surface area contributed by atoms with Crippen molar-refractivity contribution >= 4 is 29.6 Å². The quantitative estimate of drug-likeness (QED) is 0.155. The number of carboxylic acid groups (broad SMARTS) is 1. The number of carbonyl (C=O) groups is 5. The standard InChI is InChI=1S/C19H35N5O7/c1-5-10(4)15(18(29)22-12(8-25)19(30)31)24-17(28)14(9(2)3)23-16(27)11(20)6-7-13(21)26/h9-12,14-15,25H,5-8,20H2,1-4H3,(H2,21,26)(H,22,29)(H,23,27)(H,24,28)(H,30,31). The molecule has 0 aromatic carbocycles. The Labute approximate surface area is 181 Å². The number of nitrogens with two attached hydrogens (primary N) is 2. The van der Waals surface area contributed by atoms with Crippen LogP contribution in [0.2, 0.25) is 0 Å². The predicted octanol–water partition coefficient (Wildman–Crippen LogP) is -2.19. The first-order valence-electron chi connectivity index (χ1n) is 10.1. The Hall–Kier alpha value is -2.73. The summed E-state index contributed by atoms with van der Waals surface area (Å²) in [5.41, 5.74) is 10.8. The van der Waals surface area contributed by atoms with E-state index in [1.165, 1.54) is 0 Å². The summed E-state index contributed by atoms with van der Waals surface area (Å²) in [6, 6.07) is -4.68. The lowest BCUT2D eigenvalue weighted by Gasteiger charge is -2.29. The number of amides is 4. The van der Waals surface area contributed by atoms with E-state index in [9.17, 15) is 24.0 Å². The first-order chi connectivity index (χ1) is 14.3. The van der Waals surface area contributed by atoms with Gasteiger partial charge in [-0.3, -0.25) is 19.2 Å². The number of aliphatic hydroxyl groups is 1. The van der Waals surface area contributed by atoms with E-state index in [0.29, 0.717) is 6.42 Å². The number of primary amides is 1. The Balaban J connectivity index is 5.36. The van der Waals surface area contributed by atoms with Crippen LogP contribution in [0.1, 0.15) is 47.0 Å². The van der Waals surface area contributed by atoms with E-state index in [2.05, 4.69) is 16.0 Å². The van der Waals surface area contributed by atoms with Crippen LogP contribution in [0, 0.1) is 11.8 Å². The Morgan fingerprint density at radius 3 is 1.84 bits per heavy atom. The average Bonchev–Trinajstić information content (AvgIpc) is 2.70. The zero-order valence-electron chi connectivity index (χ0n) is 18.4. The van der Waals surface area contributed by atoms with Crippen LogP contribution in [0.3, 0.4) is 0 Å². The molecule has 0 saturated carbocycles. The number of aliphatic carboxylic acids is 1. The normalized spacial score (nSPS) is 15.8. The molecule has 9 N–H and O–H groups in total. The smallest absolute Gasteiger partial charge is 0.328 e. The molecule has 4 amide bonds. The minimum Gasteiger partial charge on any atom is -0.480 e. The first-order valence-corrected chi connectivity index (χ1v) is 10.1. The Bertz CT molecular complexity index is 656. The maximum atomic E-state index is 12.8. The molecule has 12 heteroatoms. The summed E-state index contributed by atoms with van der Waals surface area (Å²) in [4.78, 5) is 59.7. The Kier molecular flexibility index (Phi) is 12.4. The Morgan fingerprint density at radius 2 is 1.42 bits per heavy atom. The van der Waals surface area contributed by atoms with E-state index in [1.807, 2.05) is 0 Å². The van der Waals surface area contributed by atoms with Crippen LogP contribution in [0.15, 0.2) is 0 Å². The predicted molar refractivity (Wildman–Crippen MR) is 111 cm³/mol. The van der Waals surface area contributed by atoms with Crippen molar-refractivity contribution < 1.29 is 34.2 Å². The van der Waals surface area contributed by atoms with E-state index in [1.54, 1.807) is 27.7 Å². The number of aliphatic hydroxyl groups excluding tert-OH is 1. The van der Waals surface area contributed by atoms with Gasteiger partial charge in [-0.25, -0.2) is 4.79 Å². The molecular formula is C19H35N5O7. The number of carboxylic acids is 1. The monoisotopic (exact) mass is 445 g/mol. The van der Waals surface area contributed by atoms with Gasteiger partial charge in [-0.15, -0.1) is 0 Å². The summed E-state index contributed by atoms with van der Waals surface area (Å²) in [7, 11) is 0. The second-order valence-electron chi connectivity index (χ2n) is 7.80. The molecule has 0 spiro atoms. The molecule has 0 aliphatic rings. The second kappa shape index (κ2) is 13.5. The van der Waals surface area contributed by atoms with Crippen LogP contribution in [-0.2, 0) is 24.0 Å². The van der Waals surface area contributed by atoms with Gasteiger partial charge in [0.1, 0.15) is 18.1 Å². The van der Waals surface area contributed by atoms with Crippen molar-refractivity contribution in [2.24, 2.45) is 23.3 Å². The molecule has 0 saturated heterocycles. The zero-order valence-corrected chi connectivity index (χ0v) is 18.4. The highest BCUT2D eigenvalue weighted by Crippen LogP contribution is 2.11. The molecule has 5 unspecified atom stereocenters. The van der Waals surface area contributed by atoms with E-state index in [4.69, 9.17) is 21.7 Å². The van der Waals surface area contributed by atoms with Crippen LogP contribution in [0.4, 0.5) is 0 Å². The molecule has 0 fully saturated rings. The first kappa shape index (κ1) is 28.3. The maximum Gasteiger partial charge on any atom is 0.328 e. The zero-order chi connectivity index (χ0) is 24.3. The maximum absolute atomic E-state index is 12.8. The molecular weight excluding hydrogens is 410 g/mol. The third-order valence-corrected chi connectivity index (χ3v) is 4.88. The number of nitrogens with one attached hydrogen (secondary N) is 3. The minimum atomic E-state index is -1.51. The van der Waals surface area contributed by atoms with Gasteiger partial charge in [0.05, 0.1) is 12.6 Å². The fourth-order valence-electron chi connectivity index (χ4n) is 2.62. The third-order valence-electron chi connectivity index (χ3n) is 4.88. The summed E-state index contributed by atoms with van der Waals surface area (Å²) < 4.78 is 0. The van der Waals surface area contributed by atoms with E-state index in [-0.39, 0.29) is 24.7 Å². The Morgan fingerprint density at radius 1 is 0.903 bits per heavy atom. The molecule has 178 valence electrons. The van der Waals surface area contributed by atoms with E-state index in [0.717, 1.165) is 0 Å². The average molecular weight is 446 g/mol. The van der Waals surface area contributed by atoms with Gasteiger partial charge >= 0.3 is 5.97 Å². The van der Waals surface area contributed by atoms with Gasteiger partial charge in [-0.2, -0.15) is 0 Å². The van der Waals surface area contributed by atoms with Gasteiger partial charge in [0, 0.05) is 6.42 Å². The molecule has 5 atom stereocenters. The van der Waals surface area contributed by atoms with Crippen LogP contribution >= 0.6 is 0 Å². The molecule has 0 bridgehead atoms. The molecule has 0 aromatic rings. The molecule has 0 radical (unpaired) electrons. The highest BCUT2D eigenvalue weighted by molar-refractivity contribution is 5.94. The molecule has 0 rings (SSSR count). The van der Waals surface area contributed by atoms with Crippen molar-refractivity contribution in [1.29, 1.82) is 0 Å². The minimum absolute atomic E-state index is 0.0171. The van der Waals surface area contributed by atoms with Crippen molar-refractivity contribution in [3.63, 3.8) is 0 Å². The lowest BCUT2D eigenvalue weighted by Crippen LogP contribution is -2.60. The van der Waals surface area contributed by atoms with Gasteiger partial charge in [0.25, 0.3) is 0 Å². The van der Waals surface area contributed by atoms with Crippen LogP contribution in [0.25, 0.3) is 0 Å². The summed E-state index contributed by atoms with van der Waals surface area (Å²) in [6.07, 6.45) is 0.425. The highest BCUT2D eigenvalue weighted by Gasteiger charge is 2.33. The summed E-state index contributed by atoms with van der Waals surface area (Å²) >= 11 is 0. The van der Waals surface area contributed by atoms with E-state index >= 15 is 0 Å². The van der Waals surface area contributed by atoms with Crippen LogP contribution in [0.5, 0.6) is 0 Å². The second-order valence-corrected chi connectivity index (χ2v) is 7.80. The third kappa shape index (κ3) is 9.75. The summed E-state index contributed by atoms with van der Waals surface area (Å²) in [6.45, 7) is 6.05. The largest absolute Gasteiger partial charge is 0.480 e. The lowest BCUT2D eigenvalue weighted by atomic mass is 9.96. The van der Waals surface area contributed by atoms with Crippen molar-refractivity contribution in [2.45, 2.75) is 71.1 Å². The molecule has 0 aliphatic heterocycles. The number of hydrogen-bond donors (Lipinski definition) is 7. The van der Waals surface area contributed by atoms with Gasteiger partial charge in [0.2, 0.25) is 23.6 Å². The molecule has 0 aromatic heterocycles. The van der Waals surface area contributed by atoms with Gasteiger partial charge < -0.3 is 37.6 Å². The van der Waals surface area contributed by atoms with Crippen LogP contribution < -0.4 is 27.4 Å². The van der Waals surface area contributed by atoms with Gasteiger partial charge in [-0.1, -0.05) is 34.1 Å². The molecule has 0 aliphatic carbocycles. The SMILES string of the molecule is CCC(C)C(NC(=O)C(NC(=O)C(N)CCC(N)=O)C(C)C)C(=O)NC(CO)C(=O)O. The fraction of sp³-hybridized carbons (Fsp3) is 0.737. The topological polar surface area (TPSA) is 214 Å². The fourth-order valence-corrected chi connectivity index (χ4v) is 2.62. The highest BCUT2D eigenvalue weighted by atomic mass is 16.4. The van der Waals surface area contributed by atoms with Crippen molar-refractivity contribution in [1.82, 2.24) is 16.0 Å². The van der Waals surface area contributed by atoms with Gasteiger partial charge in [0.15, 0.2) is 0 Å². The molecule has 12 nitrogen and oxygen atoms in total. The van der Waals surface area contributed by atoms with Gasteiger partial charge in [-0.05, 0) is 18.3 Å².